The first-order valence-corrected chi connectivity index (χ1v) is 7.83. The molecule has 21 heavy (non-hydrogen) atoms. The third-order valence-corrected chi connectivity index (χ3v) is 4.41. The Morgan fingerprint density at radius 2 is 2.24 bits per heavy atom. The van der Waals surface area contributed by atoms with Crippen LogP contribution in [0.2, 0.25) is 0 Å². The molecule has 4 nitrogen and oxygen atoms in total. The molecule has 0 aromatic heterocycles. The minimum Gasteiger partial charge on any atom is -0.347 e. The summed E-state index contributed by atoms with van der Waals surface area (Å²) in [6, 6.07) is 4.52. The van der Waals surface area contributed by atoms with E-state index in [0.717, 1.165) is 17.6 Å². The summed E-state index contributed by atoms with van der Waals surface area (Å²) in [4.78, 5) is 16.0. The molecule has 0 spiro atoms. The molecule has 1 saturated heterocycles. The van der Waals surface area contributed by atoms with Gasteiger partial charge < -0.3 is 10.2 Å². The Bertz CT molecular complexity index is 524. The predicted octanol–water partition coefficient (Wildman–Crippen LogP) is 2.01. The lowest BCUT2D eigenvalue weighted by Crippen LogP contribution is -2.58. The van der Waals surface area contributed by atoms with Crippen LogP contribution in [0, 0.1) is 5.82 Å². The number of rotatable bonds is 3. The number of hydrogen-bond acceptors (Lipinski definition) is 3. The highest BCUT2D eigenvalue weighted by atomic mass is 79.9. The van der Waals surface area contributed by atoms with E-state index in [4.69, 9.17) is 0 Å². The van der Waals surface area contributed by atoms with Gasteiger partial charge in [0.2, 0.25) is 5.91 Å². The van der Waals surface area contributed by atoms with Gasteiger partial charge in [0.15, 0.2) is 0 Å². The van der Waals surface area contributed by atoms with Gasteiger partial charge >= 0.3 is 0 Å². The van der Waals surface area contributed by atoms with Crippen molar-refractivity contribution in [3.05, 3.63) is 34.1 Å². The van der Waals surface area contributed by atoms with Crippen LogP contribution < -0.4 is 5.32 Å². The van der Waals surface area contributed by atoms with Gasteiger partial charge in [-0.15, -0.1) is 0 Å². The summed E-state index contributed by atoms with van der Waals surface area (Å²) in [5, 5.41) is 3.24. The van der Waals surface area contributed by atoms with Crippen molar-refractivity contribution in [2.45, 2.75) is 19.0 Å². The Hall–Kier alpha value is -0.980. The quantitative estimate of drug-likeness (QED) is 0.898. The molecule has 2 unspecified atom stereocenters. The second-order valence-corrected chi connectivity index (χ2v) is 6.45. The minimum atomic E-state index is -0.262. The molecule has 1 heterocycles. The predicted molar refractivity (Wildman–Crippen MR) is 84.6 cm³/mol. The minimum absolute atomic E-state index is 0.0458. The molecule has 1 N–H and O–H groups in total. The van der Waals surface area contributed by atoms with Gasteiger partial charge in [0.05, 0.1) is 0 Å². The van der Waals surface area contributed by atoms with Gasteiger partial charge in [-0.1, -0.05) is 15.9 Å². The van der Waals surface area contributed by atoms with Gasteiger partial charge in [0, 0.05) is 49.8 Å². The van der Waals surface area contributed by atoms with Crippen molar-refractivity contribution in [2.75, 3.05) is 33.7 Å². The van der Waals surface area contributed by atoms with Crippen LogP contribution in [-0.4, -0.2) is 55.5 Å². The molecule has 1 amide bonds. The second-order valence-electron chi connectivity index (χ2n) is 5.53. The molecule has 1 aliphatic rings. The highest BCUT2D eigenvalue weighted by Crippen LogP contribution is 2.28. The number of amides is 1. The molecule has 6 heteroatoms. The molecule has 1 aromatic carbocycles. The van der Waals surface area contributed by atoms with E-state index < -0.39 is 0 Å². The molecule has 116 valence electrons. The van der Waals surface area contributed by atoms with Crippen LogP contribution >= 0.6 is 15.9 Å². The molecule has 0 aliphatic carbocycles. The number of halogens is 2. The lowest BCUT2D eigenvalue weighted by Gasteiger charge is -2.40. The van der Waals surface area contributed by atoms with Crippen LogP contribution in [0.1, 0.15) is 18.5 Å². The second kappa shape index (κ2) is 6.85. The molecule has 0 radical (unpaired) electrons. The Balaban J connectivity index is 2.28. The number of piperazine rings is 1. The van der Waals surface area contributed by atoms with Gasteiger partial charge in [0.25, 0.3) is 0 Å². The molecule has 1 fully saturated rings. The van der Waals surface area contributed by atoms with Crippen LogP contribution in [0.3, 0.4) is 0 Å². The van der Waals surface area contributed by atoms with E-state index in [0.29, 0.717) is 12.1 Å². The zero-order valence-electron chi connectivity index (χ0n) is 12.6. The van der Waals surface area contributed by atoms with Crippen molar-refractivity contribution >= 4 is 21.8 Å². The number of likely N-dealkylation sites (N-methyl/N-ethyl adjacent to an activating group) is 1. The van der Waals surface area contributed by atoms with Gasteiger partial charge in [-0.3, -0.25) is 9.69 Å². The van der Waals surface area contributed by atoms with E-state index in [2.05, 4.69) is 26.1 Å². The summed E-state index contributed by atoms with van der Waals surface area (Å²) < 4.78 is 14.9. The summed E-state index contributed by atoms with van der Waals surface area (Å²) in [6.07, 6.45) is 0. The van der Waals surface area contributed by atoms with Crippen molar-refractivity contribution < 1.29 is 9.18 Å². The number of hydrogen-bond donors (Lipinski definition) is 1. The van der Waals surface area contributed by atoms with Crippen molar-refractivity contribution in [2.24, 2.45) is 0 Å². The van der Waals surface area contributed by atoms with Crippen molar-refractivity contribution in [3.8, 4) is 0 Å². The summed E-state index contributed by atoms with van der Waals surface area (Å²) >= 11 is 3.38. The van der Waals surface area contributed by atoms with Gasteiger partial charge in [0.1, 0.15) is 11.9 Å². The fourth-order valence-electron chi connectivity index (χ4n) is 2.72. The zero-order valence-corrected chi connectivity index (χ0v) is 14.2. The molecule has 1 aliphatic heterocycles. The maximum absolute atomic E-state index is 14.1. The van der Waals surface area contributed by atoms with Crippen LogP contribution in [0.4, 0.5) is 4.39 Å². The Labute approximate surface area is 133 Å². The summed E-state index contributed by atoms with van der Waals surface area (Å²) in [6.45, 7) is 4.07. The maximum Gasteiger partial charge on any atom is 0.240 e. The molecule has 0 bridgehead atoms. The molecule has 1 aromatic rings. The lowest BCUT2D eigenvalue weighted by molar-refractivity contribution is -0.136. The van der Waals surface area contributed by atoms with E-state index in [1.807, 2.05) is 6.92 Å². The van der Waals surface area contributed by atoms with Crippen LogP contribution in [0.15, 0.2) is 22.7 Å². The first-order valence-electron chi connectivity index (χ1n) is 7.04. The molecular formula is C15H21BrFN3O. The van der Waals surface area contributed by atoms with Crippen LogP contribution in [0.5, 0.6) is 0 Å². The first kappa shape index (κ1) is 16.4. The normalized spacial score (nSPS) is 21.1. The smallest absolute Gasteiger partial charge is 0.240 e. The van der Waals surface area contributed by atoms with Crippen molar-refractivity contribution in [1.29, 1.82) is 0 Å². The highest BCUT2D eigenvalue weighted by molar-refractivity contribution is 9.10. The highest BCUT2D eigenvalue weighted by Gasteiger charge is 2.34. The number of benzene rings is 1. The Kier molecular flexibility index (Phi) is 5.35. The number of carbonyl (C=O) groups excluding carboxylic acids is 1. The Morgan fingerprint density at radius 1 is 1.52 bits per heavy atom. The van der Waals surface area contributed by atoms with Crippen molar-refractivity contribution in [1.82, 2.24) is 15.1 Å². The SMILES string of the molecule is CC(c1cc(Br)ccc1F)N1CCNCC1C(=O)N(C)C. The molecule has 0 saturated carbocycles. The molecular weight excluding hydrogens is 337 g/mol. The van der Waals surface area contributed by atoms with Crippen molar-refractivity contribution in [3.63, 3.8) is 0 Å². The Morgan fingerprint density at radius 3 is 2.90 bits per heavy atom. The largest absolute Gasteiger partial charge is 0.347 e. The lowest BCUT2D eigenvalue weighted by atomic mass is 10.0. The average Bonchev–Trinajstić information content (AvgIpc) is 2.48. The van der Waals surface area contributed by atoms with Gasteiger partial charge in [-0.05, 0) is 25.1 Å². The maximum atomic E-state index is 14.1. The number of carbonyl (C=O) groups is 1. The molecule has 2 atom stereocenters. The summed E-state index contributed by atoms with van der Waals surface area (Å²) in [5.41, 5.74) is 0.614. The number of nitrogens with zero attached hydrogens (tertiary/aromatic N) is 2. The third kappa shape index (κ3) is 3.62. The monoisotopic (exact) mass is 357 g/mol. The van der Waals surface area contributed by atoms with E-state index in [-0.39, 0.29) is 23.8 Å². The topological polar surface area (TPSA) is 35.6 Å². The van der Waals surface area contributed by atoms with E-state index in [1.54, 1.807) is 31.1 Å². The zero-order chi connectivity index (χ0) is 15.6. The summed E-state index contributed by atoms with van der Waals surface area (Å²) in [7, 11) is 3.50. The van der Waals surface area contributed by atoms with E-state index >= 15 is 0 Å². The van der Waals surface area contributed by atoms with E-state index in [9.17, 15) is 9.18 Å². The first-order chi connectivity index (χ1) is 9.91. The van der Waals surface area contributed by atoms with E-state index in [1.165, 1.54) is 6.07 Å². The van der Waals surface area contributed by atoms with Gasteiger partial charge in [-0.2, -0.15) is 0 Å². The summed E-state index contributed by atoms with van der Waals surface area (Å²) in [5.74, 6) is -0.190. The standard InChI is InChI=1S/C15H21BrFN3O/c1-10(12-8-11(16)4-5-13(12)17)20-7-6-18-9-14(20)15(21)19(2)3/h4-5,8,10,14,18H,6-7,9H2,1-3H3. The van der Waals surface area contributed by atoms with Crippen LogP contribution in [-0.2, 0) is 4.79 Å². The fraction of sp³-hybridized carbons (Fsp3) is 0.533. The average molecular weight is 358 g/mol. The fourth-order valence-corrected chi connectivity index (χ4v) is 3.10. The third-order valence-electron chi connectivity index (χ3n) is 3.92. The number of nitrogens with one attached hydrogen (secondary N) is 1. The molecule has 2 rings (SSSR count). The van der Waals surface area contributed by atoms with Gasteiger partial charge in [-0.25, -0.2) is 4.39 Å². The van der Waals surface area contributed by atoms with Crippen LogP contribution in [0.25, 0.3) is 0 Å².